The summed E-state index contributed by atoms with van der Waals surface area (Å²) in [5.74, 6) is 0.875. The van der Waals surface area contributed by atoms with Gasteiger partial charge in [0.2, 0.25) is 0 Å². The van der Waals surface area contributed by atoms with Crippen LogP contribution in [0.15, 0.2) is 20.1 Å². The maximum Gasteiger partial charge on any atom is 0.133 e. The molecule has 1 heterocycles. The van der Waals surface area contributed by atoms with Crippen molar-refractivity contribution in [2.75, 3.05) is 0 Å². The smallest absolute Gasteiger partial charge is 0.133 e. The van der Waals surface area contributed by atoms with Gasteiger partial charge < -0.3 is 4.52 Å². The first-order chi connectivity index (χ1) is 6.12. The molecule has 0 atom stereocenters. The molecule has 0 spiro atoms. The molecule has 70 valence electrons. The van der Waals surface area contributed by atoms with Crippen molar-refractivity contribution in [3.05, 3.63) is 27.0 Å². The summed E-state index contributed by atoms with van der Waals surface area (Å²) < 4.78 is 6.05. The van der Waals surface area contributed by atoms with Gasteiger partial charge in [-0.05, 0) is 51.6 Å². The third kappa shape index (κ3) is 1.89. The van der Waals surface area contributed by atoms with Gasteiger partial charge in [0.1, 0.15) is 5.76 Å². The third-order valence-electron chi connectivity index (χ3n) is 2.31. The van der Waals surface area contributed by atoms with E-state index in [0.29, 0.717) is 0 Å². The van der Waals surface area contributed by atoms with Crippen molar-refractivity contribution in [3.8, 4) is 0 Å². The second-order valence-corrected chi connectivity index (χ2v) is 6.19. The fraction of sp³-hybridized carbons (Fsp3) is 0.444. The van der Waals surface area contributed by atoms with E-state index in [1.54, 1.807) is 0 Å². The van der Waals surface area contributed by atoms with Crippen LogP contribution in [0.1, 0.15) is 24.3 Å². The highest BCUT2D eigenvalue weighted by Crippen LogP contribution is 2.50. The number of aromatic nitrogens is 1. The summed E-state index contributed by atoms with van der Waals surface area (Å²) in [5.41, 5.74) is 1.17. The first-order valence-electron chi connectivity index (χ1n) is 4.10. The molecule has 0 bridgehead atoms. The largest absolute Gasteiger partial charge is 0.361 e. The summed E-state index contributed by atoms with van der Waals surface area (Å²) in [7, 11) is 0. The highest BCUT2D eigenvalue weighted by molar-refractivity contribution is 9.28. The number of rotatable bonds is 2. The average Bonchev–Trinajstić information content (AvgIpc) is 2.65. The number of halogens is 2. The molecule has 0 aromatic carbocycles. The van der Waals surface area contributed by atoms with Crippen LogP contribution in [0.2, 0.25) is 0 Å². The zero-order chi connectivity index (χ0) is 9.47. The van der Waals surface area contributed by atoms with Crippen molar-refractivity contribution >= 4 is 31.9 Å². The van der Waals surface area contributed by atoms with E-state index in [0.717, 1.165) is 27.7 Å². The van der Waals surface area contributed by atoms with Crippen LogP contribution in [0, 0.1) is 6.92 Å². The van der Waals surface area contributed by atoms with E-state index >= 15 is 0 Å². The van der Waals surface area contributed by atoms with E-state index in [9.17, 15) is 0 Å². The Balaban J connectivity index is 2.30. The Bertz CT molecular complexity index is 348. The minimum atomic E-state index is 0.125. The van der Waals surface area contributed by atoms with Crippen molar-refractivity contribution in [3.63, 3.8) is 0 Å². The molecule has 0 saturated heterocycles. The molecule has 1 saturated carbocycles. The lowest BCUT2D eigenvalue weighted by Gasteiger charge is -2.03. The highest BCUT2D eigenvalue weighted by Gasteiger charge is 2.45. The number of aryl methyl sites for hydroxylation is 1. The second kappa shape index (κ2) is 3.24. The summed E-state index contributed by atoms with van der Waals surface area (Å²) >= 11 is 6.75. The number of allylic oxidation sites excluding steroid dienone is 1. The van der Waals surface area contributed by atoms with Crippen molar-refractivity contribution in [2.45, 2.75) is 25.2 Å². The first kappa shape index (κ1) is 9.46. The Morgan fingerprint density at radius 2 is 2.31 bits per heavy atom. The van der Waals surface area contributed by atoms with Gasteiger partial charge >= 0.3 is 0 Å². The van der Waals surface area contributed by atoms with Crippen LogP contribution in [0.5, 0.6) is 0 Å². The predicted molar refractivity (Wildman–Crippen MR) is 58.1 cm³/mol. The molecule has 1 fully saturated rings. The van der Waals surface area contributed by atoms with Gasteiger partial charge in [0.15, 0.2) is 0 Å². The lowest BCUT2D eigenvalue weighted by Crippen LogP contribution is -2.02. The summed E-state index contributed by atoms with van der Waals surface area (Å²) in [6.07, 6.45) is 4.45. The van der Waals surface area contributed by atoms with Gasteiger partial charge in [-0.2, -0.15) is 0 Å². The lowest BCUT2D eigenvalue weighted by molar-refractivity contribution is 0.387. The molecule has 1 aliphatic carbocycles. The fourth-order valence-corrected chi connectivity index (χ4v) is 2.30. The molecule has 0 radical (unpaired) electrons. The minimum absolute atomic E-state index is 0.125. The molecule has 1 aliphatic rings. The Morgan fingerprint density at radius 3 is 2.69 bits per heavy atom. The van der Waals surface area contributed by atoms with E-state index in [4.69, 9.17) is 4.52 Å². The molecular weight excluding hydrogens is 298 g/mol. The van der Waals surface area contributed by atoms with Crippen molar-refractivity contribution in [1.82, 2.24) is 5.16 Å². The van der Waals surface area contributed by atoms with Crippen LogP contribution in [0.3, 0.4) is 0 Å². The van der Waals surface area contributed by atoms with Crippen LogP contribution in [0.4, 0.5) is 0 Å². The van der Waals surface area contributed by atoms with Crippen molar-refractivity contribution in [2.24, 2.45) is 0 Å². The van der Waals surface area contributed by atoms with E-state index in [1.165, 1.54) is 0 Å². The van der Waals surface area contributed by atoms with Crippen LogP contribution < -0.4 is 0 Å². The fourth-order valence-electron chi connectivity index (χ4n) is 1.42. The molecule has 0 aliphatic heterocycles. The lowest BCUT2D eigenvalue weighted by atomic mass is 10.0. The molecule has 13 heavy (non-hydrogen) atoms. The predicted octanol–water partition coefficient (Wildman–Crippen LogP) is 3.65. The van der Waals surface area contributed by atoms with Gasteiger partial charge in [-0.1, -0.05) is 11.2 Å². The van der Waals surface area contributed by atoms with Crippen molar-refractivity contribution in [1.29, 1.82) is 0 Å². The molecule has 0 N–H and O–H groups in total. The van der Waals surface area contributed by atoms with Gasteiger partial charge in [0, 0.05) is 11.5 Å². The molecule has 2 rings (SSSR count). The van der Waals surface area contributed by atoms with Gasteiger partial charge in [-0.3, -0.25) is 0 Å². The molecule has 4 heteroatoms. The van der Waals surface area contributed by atoms with E-state index in [1.807, 2.05) is 13.0 Å². The van der Waals surface area contributed by atoms with Gasteiger partial charge in [0.25, 0.3) is 0 Å². The zero-order valence-electron chi connectivity index (χ0n) is 7.18. The van der Waals surface area contributed by atoms with Crippen LogP contribution in [-0.4, -0.2) is 5.16 Å². The normalized spacial score (nSPS) is 18.4. The molecule has 1 aromatic heterocycles. The van der Waals surface area contributed by atoms with E-state index in [2.05, 4.69) is 43.1 Å². The molecule has 0 amide bonds. The monoisotopic (exact) mass is 305 g/mol. The minimum Gasteiger partial charge on any atom is -0.361 e. The van der Waals surface area contributed by atoms with Crippen molar-refractivity contribution < 1.29 is 4.52 Å². The third-order valence-corrected chi connectivity index (χ3v) is 2.77. The van der Waals surface area contributed by atoms with Gasteiger partial charge in [-0.25, -0.2) is 0 Å². The Labute approximate surface area is 93.6 Å². The molecule has 1 aromatic rings. The summed E-state index contributed by atoms with van der Waals surface area (Å²) in [6.45, 7) is 1.92. The Hall–Kier alpha value is -0.0900. The van der Waals surface area contributed by atoms with Crippen LogP contribution in [0.25, 0.3) is 0 Å². The van der Waals surface area contributed by atoms with Crippen LogP contribution in [-0.2, 0) is 5.41 Å². The van der Waals surface area contributed by atoms with Crippen LogP contribution >= 0.6 is 31.9 Å². The number of hydrogen-bond acceptors (Lipinski definition) is 2. The molecular formula is C9H9Br2NO. The molecule has 2 nitrogen and oxygen atoms in total. The van der Waals surface area contributed by atoms with Gasteiger partial charge in [0.05, 0.1) is 9.09 Å². The second-order valence-electron chi connectivity index (χ2n) is 3.41. The first-order valence-corrected chi connectivity index (χ1v) is 5.69. The SMILES string of the molecule is Cc1cc(C2(C=C(Br)Br)CC2)no1. The summed E-state index contributed by atoms with van der Waals surface area (Å²) in [6, 6.07) is 2.01. The summed E-state index contributed by atoms with van der Waals surface area (Å²) in [5, 5.41) is 4.04. The zero-order valence-corrected chi connectivity index (χ0v) is 10.4. The average molecular weight is 307 g/mol. The Morgan fingerprint density at radius 1 is 1.62 bits per heavy atom. The van der Waals surface area contributed by atoms with Gasteiger partial charge in [-0.15, -0.1) is 0 Å². The quantitative estimate of drug-likeness (QED) is 0.833. The number of nitrogens with zero attached hydrogens (tertiary/aromatic N) is 1. The molecule has 0 unspecified atom stereocenters. The summed E-state index contributed by atoms with van der Waals surface area (Å²) in [4.78, 5) is 0. The Kier molecular flexibility index (Phi) is 2.36. The van der Waals surface area contributed by atoms with E-state index in [-0.39, 0.29) is 5.41 Å². The maximum atomic E-state index is 5.06. The highest BCUT2D eigenvalue weighted by atomic mass is 79.9. The standard InChI is InChI=1S/C9H9Br2NO/c1-6-4-7(12-13-6)9(2-3-9)5-8(10)11/h4-5H,2-3H2,1H3. The number of hydrogen-bond donors (Lipinski definition) is 0. The van der Waals surface area contributed by atoms with E-state index < -0.39 is 0 Å². The topological polar surface area (TPSA) is 26.0 Å². The maximum absolute atomic E-state index is 5.06.